The van der Waals surface area contributed by atoms with Crippen molar-refractivity contribution in [2.75, 3.05) is 31.5 Å². The predicted octanol–water partition coefficient (Wildman–Crippen LogP) is 3.67. The molecule has 10 nitrogen and oxygen atoms in total. The highest BCUT2D eigenvalue weighted by Gasteiger charge is 2.34. The number of thiophene rings is 1. The Kier molecular flexibility index (Phi) is 9.66. The molecule has 41 heavy (non-hydrogen) atoms. The van der Waals surface area contributed by atoms with Gasteiger partial charge in [-0.15, -0.1) is 11.3 Å². The monoisotopic (exact) mass is 641 g/mol. The van der Waals surface area contributed by atoms with Crippen molar-refractivity contribution in [2.24, 2.45) is 5.92 Å². The zero-order chi connectivity index (χ0) is 29.9. The molecule has 2 N–H and O–H groups in total. The first-order valence-corrected chi connectivity index (χ1v) is 17.0. The van der Waals surface area contributed by atoms with Crippen molar-refractivity contribution in [3.8, 4) is 5.75 Å². The zero-order valence-electron chi connectivity index (χ0n) is 22.7. The summed E-state index contributed by atoms with van der Waals surface area (Å²) in [6.45, 7) is 3.55. The van der Waals surface area contributed by atoms with Crippen LogP contribution in [0.15, 0.2) is 69.1 Å². The molecule has 1 aromatic heterocycles. The minimum Gasteiger partial charge on any atom is -0.488 e. The molecule has 0 radical (unpaired) electrons. The summed E-state index contributed by atoms with van der Waals surface area (Å²) < 4.78 is 62.5. The number of rotatable bonds is 9. The van der Waals surface area contributed by atoms with Gasteiger partial charge in [0, 0.05) is 35.8 Å². The Morgan fingerprint density at radius 2 is 1.88 bits per heavy atom. The largest absolute Gasteiger partial charge is 0.488 e. The number of aliphatic hydroxyl groups excluding tert-OH is 1. The highest BCUT2D eigenvalue weighted by molar-refractivity contribution is 7.92. The van der Waals surface area contributed by atoms with Crippen LogP contribution >= 0.6 is 22.9 Å². The van der Waals surface area contributed by atoms with Crippen LogP contribution in [-0.2, 0) is 31.3 Å². The summed E-state index contributed by atoms with van der Waals surface area (Å²) in [5, 5.41) is 11.9. The summed E-state index contributed by atoms with van der Waals surface area (Å²) in [4.78, 5) is 15.0. The van der Waals surface area contributed by atoms with Crippen LogP contribution in [0, 0.1) is 5.92 Å². The SMILES string of the molecule is C[C@@H]1CN([C@H](C)CO)C(=O)Cc2cc(NS(=O)(=O)c3ccc(Cl)cc3)ccc2O[C@H]1CN(C)S(=O)(=O)c1cccs1. The van der Waals surface area contributed by atoms with Gasteiger partial charge in [0.05, 0.1) is 30.5 Å². The fraction of sp³-hybridized carbons (Fsp3) is 0.370. The van der Waals surface area contributed by atoms with Gasteiger partial charge < -0.3 is 14.7 Å². The molecule has 1 aliphatic heterocycles. The van der Waals surface area contributed by atoms with E-state index in [1.54, 1.807) is 29.3 Å². The van der Waals surface area contributed by atoms with E-state index in [9.17, 15) is 26.7 Å². The molecular weight excluding hydrogens is 610 g/mol. The third-order valence-corrected chi connectivity index (χ3v) is 11.7. The van der Waals surface area contributed by atoms with Crippen LogP contribution < -0.4 is 9.46 Å². The molecule has 4 rings (SSSR count). The average molecular weight is 642 g/mol. The first kappa shape index (κ1) is 31.3. The normalized spacial score (nSPS) is 19.1. The zero-order valence-corrected chi connectivity index (χ0v) is 25.9. The number of carbonyl (C=O) groups excluding carboxylic acids is 1. The number of hydrogen-bond donors (Lipinski definition) is 2. The minimum absolute atomic E-state index is 0.00131. The lowest BCUT2D eigenvalue weighted by molar-refractivity contribution is -0.134. The second-order valence-electron chi connectivity index (χ2n) is 9.99. The van der Waals surface area contributed by atoms with Gasteiger partial charge in [-0.3, -0.25) is 9.52 Å². The molecule has 14 heteroatoms. The summed E-state index contributed by atoms with van der Waals surface area (Å²) in [5.74, 6) is -0.255. The van der Waals surface area contributed by atoms with Crippen molar-refractivity contribution < 1.29 is 31.5 Å². The maximum atomic E-state index is 13.4. The van der Waals surface area contributed by atoms with E-state index in [0.29, 0.717) is 16.3 Å². The number of carbonyl (C=O) groups is 1. The molecule has 0 saturated carbocycles. The molecule has 3 aromatic rings. The third kappa shape index (κ3) is 7.22. The molecule has 0 saturated heterocycles. The number of likely N-dealkylation sites (N-methyl/N-ethyl adjacent to an activating group) is 1. The maximum Gasteiger partial charge on any atom is 0.261 e. The van der Waals surface area contributed by atoms with Gasteiger partial charge in [0.2, 0.25) is 5.91 Å². The number of nitrogens with one attached hydrogen (secondary N) is 1. The first-order valence-electron chi connectivity index (χ1n) is 12.8. The van der Waals surface area contributed by atoms with Gasteiger partial charge in [-0.1, -0.05) is 24.6 Å². The topological polar surface area (TPSA) is 133 Å². The number of aliphatic hydroxyl groups is 1. The van der Waals surface area contributed by atoms with Gasteiger partial charge in [0.25, 0.3) is 20.0 Å². The second-order valence-corrected chi connectivity index (χ2v) is 15.3. The lowest BCUT2D eigenvalue weighted by Gasteiger charge is -2.33. The molecule has 222 valence electrons. The molecule has 1 aliphatic rings. The molecule has 0 bridgehead atoms. The molecule has 2 heterocycles. The summed E-state index contributed by atoms with van der Waals surface area (Å²) in [6, 6.07) is 13.0. The molecule has 2 aromatic carbocycles. The fourth-order valence-electron chi connectivity index (χ4n) is 4.45. The number of hydrogen-bond acceptors (Lipinski definition) is 8. The lowest BCUT2D eigenvalue weighted by Crippen LogP contribution is -2.48. The van der Waals surface area contributed by atoms with E-state index in [1.807, 2.05) is 6.92 Å². The third-order valence-electron chi connectivity index (χ3n) is 6.89. The van der Waals surface area contributed by atoms with Crippen molar-refractivity contribution in [3.05, 3.63) is 70.6 Å². The predicted molar refractivity (Wildman–Crippen MR) is 158 cm³/mol. The Balaban J connectivity index is 1.68. The molecule has 3 atom stereocenters. The summed E-state index contributed by atoms with van der Waals surface area (Å²) in [6.07, 6.45) is -0.775. The summed E-state index contributed by atoms with van der Waals surface area (Å²) in [7, 11) is -6.23. The van der Waals surface area contributed by atoms with Crippen LogP contribution in [0.5, 0.6) is 5.75 Å². The van der Waals surface area contributed by atoms with Crippen LogP contribution in [-0.4, -0.2) is 75.9 Å². The van der Waals surface area contributed by atoms with Gasteiger partial charge in [0.15, 0.2) is 0 Å². The Morgan fingerprint density at radius 1 is 1.17 bits per heavy atom. The molecule has 0 unspecified atom stereocenters. The minimum atomic E-state index is -3.95. The number of anilines is 1. The number of nitrogens with zero attached hydrogens (tertiary/aromatic N) is 2. The standard InChI is InChI=1S/C27H32ClN3O7S3/c1-18-15-31(19(2)17-32)26(33)14-20-13-22(29-40(34,35)23-9-6-21(28)7-10-23)8-11-24(20)38-25(18)16-30(3)41(36,37)27-5-4-12-39-27/h4-13,18-19,25,29,32H,14-17H2,1-3H3/t18-,19-,25+/m1/s1. The second kappa shape index (κ2) is 12.7. The van der Waals surface area contributed by atoms with Crippen LogP contribution in [0.25, 0.3) is 0 Å². The number of amides is 1. The number of ether oxygens (including phenoxy) is 1. The smallest absolute Gasteiger partial charge is 0.261 e. The van der Waals surface area contributed by atoms with E-state index < -0.39 is 32.2 Å². The van der Waals surface area contributed by atoms with Crippen molar-refractivity contribution in [1.82, 2.24) is 9.21 Å². The van der Waals surface area contributed by atoms with Gasteiger partial charge in [0.1, 0.15) is 16.1 Å². The first-order chi connectivity index (χ1) is 19.3. The van der Waals surface area contributed by atoms with E-state index >= 15 is 0 Å². The number of benzene rings is 2. The Morgan fingerprint density at radius 3 is 2.51 bits per heavy atom. The van der Waals surface area contributed by atoms with Crippen molar-refractivity contribution in [3.63, 3.8) is 0 Å². The van der Waals surface area contributed by atoms with Crippen LogP contribution in [0.1, 0.15) is 19.4 Å². The van der Waals surface area contributed by atoms with Crippen LogP contribution in [0.4, 0.5) is 5.69 Å². The highest BCUT2D eigenvalue weighted by Crippen LogP contribution is 2.31. The molecular formula is C27H32ClN3O7S3. The van der Waals surface area contributed by atoms with E-state index in [2.05, 4.69) is 4.72 Å². The van der Waals surface area contributed by atoms with E-state index in [-0.39, 0.29) is 52.7 Å². The summed E-state index contributed by atoms with van der Waals surface area (Å²) in [5.41, 5.74) is 0.641. The summed E-state index contributed by atoms with van der Waals surface area (Å²) >= 11 is 7.01. The fourth-order valence-corrected chi connectivity index (χ4v) is 8.01. The number of sulfonamides is 2. The average Bonchev–Trinajstić information content (AvgIpc) is 3.48. The van der Waals surface area contributed by atoms with E-state index in [1.165, 1.54) is 53.8 Å². The number of halogens is 1. The van der Waals surface area contributed by atoms with E-state index in [0.717, 1.165) is 11.3 Å². The van der Waals surface area contributed by atoms with Crippen molar-refractivity contribution >= 4 is 54.6 Å². The van der Waals surface area contributed by atoms with Gasteiger partial charge in [-0.05, 0) is 60.8 Å². The Labute approximate surface area is 249 Å². The van der Waals surface area contributed by atoms with Crippen molar-refractivity contribution in [2.45, 2.75) is 41.5 Å². The molecule has 0 spiro atoms. The van der Waals surface area contributed by atoms with Crippen LogP contribution in [0.3, 0.4) is 0 Å². The van der Waals surface area contributed by atoms with Gasteiger partial charge in [-0.2, -0.15) is 4.31 Å². The lowest BCUT2D eigenvalue weighted by atomic mass is 10.0. The quantitative estimate of drug-likeness (QED) is 0.364. The molecule has 0 aliphatic carbocycles. The van der Waals surface area contributed by atoms with Crippen LogP contribution in [0.2, 0.25) is 5.02 Å². The molecule has 0 fully saturated rings. The van der Waals surface area contributed by atoms with E-state index in [4.69, 9.17) is 16.3 Å². The highest BCUT2D eigenvalue weighted by atomic mass is 35.5. The van der Waals surface area contributed by atoms with Gasteiger partial charge in [-0.25, -0.2) is 16.8 Å². The maximum absolute atomic E-state index is 13.4. The molecule has 1 amide bonds. The Hall–Kier alpha value is -2.68. The van der Waals surface area contributed by atoms with Crippen molar-refractivity contribution in [1.29, 1.82) is 0 Å². The number of fused-ring (bicyclic) bond motifs is 1. The van der Waals surface area contributed by atoms with Gasteiger partial charge >= 0.3 is 0 Å². The Bertz CT molecular complexity index is 1580.